The third-order valence-corrected chi connectivity index (χ3v) is 3.57. The first kappa shape index (κ1) is 8.83. The van der Waals surface area contributed by atoms with Gasteiger partial charge in [-0.3, -0.25) is 0 Å². The molecule has 0 aromatic rings. The minimum atomic E-state index is -4.03. The molecule has 0 aromatic carbocycles. The van der Waals surface area contributed by atoms with Crippen molar-refractivity contribution in [2.45, 2.75) is 17.6 Å². The molecule has 66 valence electrons. The molecule has 1 rings (SSSR count). The van der Waals surface area contributed by atoms with Gasteiger partial charge in [0.05, 0.1) is 5.75 Å². The molecule has 1 fully saturated rings. The van der Waals surface area contributed by atoms with E-state index in [0.29, 0.717) is 0 Å². The van der Waals surface area contributed by atoms with Crippen molar-refractivity contribution in [3.63, 3.8) is 0 Å². The predicted octanol–water partition coefficient (Wildman–Crippen LogP) is 0.778. The Labute approximate surface area is 62.3 Å². The van der Waals surface area contributed by atoms with E-state index in [0.717, 1.165) is 0 Å². The van der Waals surface area contributed by atoms with Gasteiger partial charge in [0.25, 0.3) is 0 Å². The fraction of sp³-hybridized carbons (Fsp3) is 1.00. The third kappa shape index (κ3) is 1.23. The average molecular weight is 188 g/mol. The standard InChI is InChI=1S/C5H7F3O2S/c6-3-5(8)1-2-11(9,10)4(5)7/h4H,1-3H2. The van der Waals surface area contributed by atoms with Crippen LogP contribution in [0.15, 0.2) is 0 Å². The molecule has 0 spiro atoms. The molecule has 1 aliphatic rings. The molecule has 6 heteroatoms. The Morgan fingerprint density at radius 1 is 1.55 bits per heavy atom. The summed E-state index contributed by atoms with van der Waals surface area (Å²) in [5.74, 6) is -0.603. The second kappa shape index (κ2) is 2.36. The molecule has 0 radical (unpaired) electrons. The zero-order valence-electron chi connectivity index (χ0n) is 5.56. The second-order valence-electron chi connectivity index (χ2n) is 2.60. The monoisotopic (exact) mass is 188 g/mol. The Hall–Kier alpha value is -0.260. The van der Waals surface area contributed by atoms with E-state index in [-0.39, 0.29) is 0 Å². The van der Waals surface area contributed by atoms with E-state index in [1.165, 1.54) is 0 Å². The molecular weight excluding hydrogens is 181 g/mol. The summed E-state index contributed by atoms with van der Waals surface area (Å²) in [6, 6.07) is 0. The summed E-state index contributed by atoms with van der Waals surface area (Å²) in [4.78, 5) is 0. The van der Waals surface area contributed by atoms with Crippen LogP contribution in [0.2, 0.25) is 0 Å². The fourth-order valence-corrected chi connectivity index (χ4v) is 2.63. The Morgan fingerprint density at radius 3 is 2.27 bits per heavy atom. The minimum absolute atomic E-state index is 0.576. The first-order valence-corrected chi connectivity index (χ1v) is 4.74. The summed E-state index contributed by atoms with van der Waals surface area (Å²) in [5.41, 5.74) is -5.47. The molecule has 1 aliphatic heterocycles. The molecular formula is C5H7F3O2S. The van der Waals surface area contributed by atoms with Gasteiger partial charge >= 0.3 is 0 Å². The van der Waals surface area contributed by atoms with Crippen molar-refractivity contribution in [3.8, 4) is 0 Å². The molecule has 0 saturated carbocycles. The maximum atomic E-state index is 12.8. The highest BCUT2D eigenvalue weighted by atomic mass is 32.2. The Balaban J connectivity index is 2.96. The van der Waals surface area contributed by atoms with E-state index in [2.05, 4.69) is 0 Å². The first-order chi connectivity index (χ1) is 4.92. The lowest BCUT2D eigenvalue weighted by Gasteiger charge is -2.14. The van der Waals surface area contributed by atoms with E-state index in [1.807, 2.05) is 0 Å². The Bertz CT molecular complexity index is 250. The van der Waals surface area contributed by atoms with Gasteiger partial charge in [0, 0.05) is 6.42 Å². The van der Waals surface area contributed by atoms with Crippen LogP contribution >= 0.6 is 0 Å². The Kier molecular flexibility index (Phi) is 1.90. The molecule has 2 atom stereocenters. The van der Waals surface area contributed by atoms with Crippen LogP contribution in [0.4, 0.5) is 13.2 Å². The molecule has 2 unspecified atom stereocenters. The smallest absolute Gasteiger partial charge is 0.237 e. The summed E-state index contributed by atoms with van der Waals surface area (Å²) in [7, 11) is -4.03. The van der Waals surface area contributed by atoms with Gasteiger partial charge < -0.3 is 0 Å². The summed E-state index contributed by atoms with van der Waals surface area (Å²) in [5, 5.41) is 0. The van der Waals surface area contributed by atoms with Crippen molar-refractivity contribution in [1.82, 2.24) is 0 Å². The summed E-state index contributed by atoms with van der Waals surface area (Å²) >= 11 is 0. The van der Waals surface area contributed by atoms with Crippen LogP contribution in [0, 0.1) is 0 Å². The van der Waals surface area contributed by atoms with Gasteiger partial charge in [0.15, 0.2) is 15.5 Å². The highest BCUT2D eigenvalue weighted by Gasteiger charge is 2.54. The van der Waals surface area contributed by atoms with Gasteiger partial charge in [-0.05, 0) is 0 Å². The number of sulfone groups is 1. The molecule has 0 aromatic heterocycles. The van der Waals surface area contributed by atoms with Crippen LogP contribution in [0.25, 0.3) is 0 Å². The zero-order chi connectivity index (χ0) is 8.70. The van der Waals surface area contributed by atoms with Crippen LogP contribution in [-0.4, -0.2) is 32.0 Å². The quantitative estimate of drug-likeness (QED) is 0.609. The lowest BCUT2D eigenvalue weighted by atomic mass is 10.1. The molecule has 1 heterocycles. The zero-order valence-corrected chi connectivity index (χ0v) is 6.37. The molecule has 2 nitrogen and oxygen atoms in total. The van der Waals surface area contributed by atoms with Crippen molar-refractivity contribution in [1.29, 1.82) is 0 Å². The van der Waals surface area contributed by atoms with E-state index >= 15 is 0 Å². The Morgan fingerprint density at radius 2 is 2.09 bits per heavy atom. The summed E-state index contributed by atoms with van der Waals surface area (Å²) < 4.78 is 58.3. The van der Waals surface area contributed by atoms with Crippen molar-refractivity contribution < 1.29 is 21.6 Å². The highest BCUT2D eigenvalue weighted by molar-refractivity contribution is 7.92. The molecule has 0 N–H and O–H groups in total. The van der Waals surface area contributed by atoms with E-state index in [1.54, 1.807) is 0 Å². The summed E-state index contributed by atoms with van der Waals surface area (Å²) in [6.45, 7) is -1.58. The van der Waals surface area contributed by atoms with Crippen molar-refractivity contribution in [2.24, 2.45) is 0 Å². The number of rotatable bonds is 1. The first-order valence-electron chi connectivity index (χ1n) is 3.03. The number of halogens is 3. The molecule has 11 heavy (non-hydrogen) atoms. The van der Waals surface area contributed by atoms with Crippen LogP contribution in [-0.2, 0) is 9.84 Å². The number of hydrogen-bond acceptors (Lipinski definition) is 2. The van der Waals surface area contributed by atoms with Crippen LogP contribution in [0.3, 0.4) is 0 Å². The lowest BCUT2D eigenvalue weighted by Crippen LogP contribution is -2.34. The van der Waals surface area contributed by atoms with Crippen LogP contribution < -0.4 is 0 Å². The van der Waals surface area contributed by atoms with E-state index in [4.69, 9.17) is 0 Å². The van der Waals surface area contributed by atoms with Gasteiger partial charge in [0.2, 0.25) is 5.50 Å². The predicted molar refractivity (Wildman–Crippen MR) is 33.1 cm³/mol. The minimum Gasteiger partial charge on any atom is -0.247 e. The van der Waals surface area contributed by atoms with Crippen LogP contribution in [0.5, 0.6) is 0 Å². The van der Waals surface area contributed by atoms with Gasteiger partial charge in [-0.2, -0.15) is 0 Å². The summed E-state index contributed by atoms with van der Waals surface area (Å²) in [6.07, 6.45) is -0.576. The third-order valence-electron chi connectivity index (χ3n) is 1.75. The van der Waals surface area contributed by atoms with Gasteiger partial charge in [-0.1, -0.05) is 0 Å². The maximum absolute atomic E-state index is 12.8. The molecule has 0 amide bonds. The second-order valence-corrected chi connectivity index (χ2v) is 4.75. The molecule has 1 saturated heterocycles. The van der Waals surface area contributed by atoms with Gasteiger partial charge in [-0.15, -0.1) is 0 Å². The lowest BCUT2D eigenvalue weighted by molar-refractivity contribution is 0.0730. The topological polar surface area (TPSA) is 34.1 Å². The van der Waals surface area contributed by atoms with E-state index in [9.17, 15) is 21.6 Å². The van der Waals surface area contributed by atoms with Gasteiger partial charge in [0.1, 0.15) is 6.67 Å². The maximum Gasteiger partial charge on any atom is 0.237 e. The van der Waals surface area contributed by atoms with Crippen molar-refractivity contribution in [3.05, 3.63) is 0 Å². The van der Waals surface area contributed by atoms with Crippen molar-refractivity contribution in [2.75, 3.05) is 12.4 Å². The van der Waals surface area contributed by atoms with E-state index < -0.39 is 39.9 Å². The SMILES string of the molecule is O=S1(=O)CCC(F)(CF)C1F. The number of hydrogen-bond donors (Lipinski definition) is 0. The van der Waals surface area contributed by atoms with Gasteiger partial charge in [-0.25, -0.2) is 21.6 Å². The fourth-order valence-electron chi connectivity index (χ4n) is 0.978. The number of alkyl halides is 3. The largest absolute Gasteiger partial charge is 0.247 e. The molecule has 0 aliphatic carbocycles. The average Bonchev–Trinajstić information content (AvgIpc) is 2.16. The molecule has 0 bridgehead atoms. The van der Waals surface area contributed by atoms with Crippen molar-refractivity contribution >= 4 is 9.84 Å². The highest BCUT2D eigenvalue weighted by Crippen LogP contribution is 2.35. The van der Waals surface area contributed by atoms with Crippen LogP contribution in [0.1, 0.15) is 6.42 Å². The normalized spacial score (nSPS) is 42.6.